The second-order valence-electron chi connectivity index (χ2n) is 16.7. The van der Waals surface area contributed by atoms with Crippen LogP contribution in [0.5, 0.6) is 0 Å². The first kappa shape index (κ1) is 40.5. The Bertz CT molecular complexity index is 1400. The van der Waals surface area contributed by atoms with Gasteiger partial charge in [-0.15, -0.1) is 0 Å². The van der Waals surface area contributed by atoms with Crippen molar-refractivity contribution in [3.63, 3.8) is 0 Å². The molecular formula is C39H62N4O9. The lowest BCUT2D eigenvalue weighted by Crippen LogP contribution is -2.62. The molecule has 6 rings (SSSR count). The summed E-state index contributed by atoms with van der Waals surface area (Å²) in [6.45, 7) is 14.5. The Morgan fingerprint density at radius 1 is 1.13 bits per heavy atom. The van der Waals surface area contributed by atoms with Crippen LogP contribution >= 0.6 is 0 Å². The lowest BCUT2D eigenvalue weighted by molar-refractivity contribution is -0.301. The number of ether oxygens (including phenoxy) is 5. The summed E-state index contributed by atoms with van der Waals surface area (Å²) in [5.74, 6) is -1.69. The number of pyridine rings is 1. The molecule has 52 heavy (non-hydrogen) atoms. The summed E-state index contributed by atoms with van der Waals surface area (Å²) < 4.78 is 32.2. The summed E-state index contributed by atoms with van der Waals surface area (Å²) in [6.07, 6.45) is 2.23. The third-order valence-corrected chi connectivity index (χ3v) is 12.3. The molecule has 5 aliphatic heterocycles. The van der Waals surface area contributed by atoms with Crippen molar-refractivity contribution in [3.05, 3.63) is 30.1 Å². The standard InChI is InChI=1S/C39H62N4O9/c1-10-29-39(7)31(42-36(47)52-39)24(3)14-13-23(2)19-38(6)33(25(4)32(45)37(5,15-17-48-38)35(46)50-29)51-34-30(44)28(43(8)9)18-27(49-34)22-41-21-26-12-11-16-40-20-26/h11-12,16,20,23-25,27-31,33-34,41,44H,10,13-15,17-19,21-22H2,1-9H3,(H,42,47)/t23-,24-,25-,27-,28-,29+,30+,31+,33+,34-,37+,38-,39+/m0/s1. The van der Waals surface area contributed by atoms with Crippen LogP contribution in [0.15, 0.2) is 24.5 Å². The molecule has 1 aromatic heterocycles. The fourth-order valence-electron chi connectivity index (χ4n) is 9.11. The van der Waals surface area contributed by atoms with Gasteiger partial charge in [-0.3, -0.25) is 14.6 Å². The number of fused-ring (bicyclic) bond motifs is 10. The van der Waals surface area contributed by atoms with Crippen LogP contribution in [0.25, 0.3) is 0 Å². The van der Waals surface area contributed by atoms with Gasteiger partial charge in [-0.2, -0.15) is 0 Å². The number of Topliss-reactive ketones (excluding diaryl/α,β-unsaturated/α-hetero) is 1. The van der Waals surface area contributed by atoms with Crippen LogP contribution in [0.2, 0.25) is 0 Å². The highest BCUT2D eigenvalue weighted by atomic mass is 16.7. The molecule has 13 nitrogen and oxygen atoms in total. The van der Waals surface area contributed by atoms with Crippen LogP contribution in [-0.2, 0) is 39.8 Å². The molecule has 6 heterocycles. The van der Waals surface area contributed by atoms with Gasteiger partial charge in [0.1, 0.15) is 17.6 Å². The number of hydrogen-bond donors (Lipinski definition) is 3. The fourth-order valence-corrected chi connectivity index (χ4v) is 9.11. The largest absolute Gasteiger partial charge is 0.457 e. The number of esters is 1. The monoisotopic (exact) mass is 730 g/mol. The summed E-state index contributed by atoms with van der Waals surface area (Å²) in [6, 6.07) is 3.24. The van der Waals surface area contributed by atoms with Crippen LogP contribution in [0, 0.1) is 23.2 Å². The second kappa shape index (κ2) is 16.4. The van der Waals surface area contributed by atoms with Crippen LogP contribution < -0.4 is 10.6 Å². The Hall–Kier alpha value is -2.68. The topological polar surface area (TPSA) is 158 Å². The van der Waals surface area contributed by atoms with E-state index in [-0.39, 0.29) is 48.8 Å². The van der Waals surface area contributed by atoms with E-state index in [2.05, 4.69) is 29.5 Å². The first-order chi connectivity index (χ1) is 24.5. The van der Waals surface area contributed by atoms with Crippen molar-refractivity contribution in [1.82, 2.24) is 20.5 Å². The van der Waals surface area contributed by atoms with Gasteiger partial charge in [0, 0.05) is 44.0 Å². The normalized spacial score (nSPS) is 42.0. The Labute approximate surface area is 309 Å². The van der Waals surface area contributed by atoms with Crippen LogP contribution in [-0.4, -0.2) is 114 Å². The molecule has 1 amide bonds. The van der Waals surface area contributed by atoms with Gasteiger partial charge in [0.15, 0.2) is 17.7 Å². The number of likely N-dealkylation sites (N-methyl/N-ethyl adjacent to an activating group) is 1. The first-order valence-corrected chi connectivity index (χ1v) is 19.2. The molecule has 5 saturated heterocycles. The number of aliphatic hydroxyl groups is 1. The zero-order valence-corrected chi connectivity index (χ0v) is 32.6. The smallest absolute Gasteiger partial charge is 0.408 e. The number of aliphatic hydroxyl groups excluding tert-OH is 1. The zero-order valence-electron chi connectivity index (χ0n) is 32.6. The molecule has 5 fully saturated rings. The van der Waals surface area contributed by atoms with E-state index in [0.29, 0.717) is 32.4 Å². The van der Waals surface area contributed by atoms with Gasteiger partial charge in [-0.25, -0.2) is 4.79 Å². The highest BCUT2D eigenvalue weighted by Crippen LogP contribution is 2.44. The molecule has 0 unspecified atom stereocenters. The van der Waals surface area contributed by atoms with Crippen molar-refractivity contribution >= 4 is 17.8 Å². The molecule has 2 bridgehead atoms. The highest BCUT2D eigenvalue weighted by molar-refractivity contribution is 6.04. The van der Waals surface area contributed by atoms with E-state index in [0.717, 1.165) is 18.4 Å². The number of rotatable bonds is 8. The molecule has 13 atom stereocenters. The summed E-state index contributed by atoms with van der Waals surface area (Å²) in [5, 5.41) is 18.2. The molecule has 0 aromatic carbocycles. The molecule has 0 radical (unpaired) electrons. The van der Waals surface area contributed by atoms with Gasteiger partial charge < -0.3 is 44.3 Å². The average molecular weight is 731 g/mol. The number of ketones is 1. The molecule has 0 aliphatic carbocycles. The summed E-state index contributed by atoms with van der Waals surface area (Å²) >= 11 is 0. The van der Waals surface area contributed by atoms with Crippen LogP contribution in [0.4, 0.5) is 4.79 Å². The van der Waals surface area contributed by atoms with Gasteiger partial charge in [-0.05, 0) is 90.4 Å². The summed E-state index contributed by atoms with van der Waals surface area (Å²) in [5.41, 5.74) is -2.59. The third-order valence-electron chi connectivity index (χ3n) is 12.3. The maximum Gasteiger partial charge on any atom is 0.408 e. The number of amides is 1. The number of hydrogen-bond acceptors (Lipinski definition) is 12. The average Bonchev–Trinajstić information content (AvgIpc) is 3.42. The summed E-state index contributed by atoms with van der Waals surface area (Å²) in [7, 11) is 3.85. The van der Waals surface area contributed by atoms with Crippen molar-refractivity contribution < 1.29 is 43.2 Å². The van der Waals surface area contributed by atoms with E-state index in [1.807, 2.05) is 58.1 Å². The predicted molar refractivity (Wildman–Crippen MR) is 193 cm³/mol. The van der Waals surface area contributed by atoms with Gasteiger partial charge in [0.25, 0.3) is 0 Å². The van der Waals surface area contributed by atoms with Crippen molar-refractivity contribution in [2.75, 3.05) is 27.2 Å². The van der Waals surface area contributed by atoms with E-state index >= 15 is 0 Å². The second-order valence-corrected chi connectivity index (χ2v) is 16.7. The van der Waals surface area contributed by atoms with Crippen molar-refractivity contribution in [1.29, 1.82) is 0 Å². The van der Waals surface area contributed by atoms with E-state index < -0.39 is 59.2 Å². The Balaban J connectivity index is 1.46. The Kier molecular flexibility index (Phi) is 12.7. The van der Waals surface area contributed by atoms with Crippen LogP contribution in [0.1, 0.15) is 92.6 Å². The van der Waals surface area contributed by atoms with Gasteiger partial charge in [0.05, 0.1) is 23.9 Å². The fraction of sp³-hybridized carbons (Fsp3) is 0.795. The molecule has 0 spiro atoms. The summed E-state index contributed by atoms with van der Waals surface area (Å²) in [4.78, 5) is 47.8. The van der Waals surface area contributed by atoms with Gasteiger partial charge in [0.2, 0.25) is 0 Å². The van der Waals surface area contributed by atoms with E-state index in [9.17, 15) is 19.5 Å². The SMILES string of the molecule is CC[C@H]1OC(=O)[C@]2(C)CCO[C@@](C)(C[C@@H](C)CC[C@H](C)[C@H]3NC(=O)O[C@@]31C)[C@H](O[C@@H]1O[C@H](CNCc3cccnc3)C[C@H](N(C)C)[C@H]1O)[C@@H](C)C2=O. The third kappa shape index (κ3) is 8.34. The number of carbonyl (C=O) groups excluding carboxylic acids is 3. The predicted octanol–water partition coefficient (Wildman–Crippen LogP) is 4.00. The van der Waals surface area contributed by atoms with Crippen molar-refractivity contribution in [3.8, 4) is 0 Å². The van der Waals surface area contributed by atoms with Gasteiger partial charge in [-0.1, -0.05) is 40.2 Å². The molecular weight excluding hydrogens is 668 g/mol. The molecule has 13 heteroatoms. The lowest BCUT2D eigenvalue weighted by atomic mass is 9.70. The number of alkyl carbamates (subject to hydrolysis) is 1. The minimum absolute atomic E-state index is 0.00511. The molecule has 3 N–H and O–H groups in total. The van der Waals surface area contributed by atoms with E-state index in [1.165, 1.54) is 0 Å². The maximum atomic E-state index is 14.7. The maximum absolute atomic E-state index is 14.7. The molecule has 5 aliphatic rings. The lowest BCUT2D eigenvalue weighted by Gasteiger charge is -2.49. The Morgan fingerprint density at radius 2 is 1.88 bits per heavy atom. The number of nitrogens with zero attached hydrogens (tertiary/aromatic N) is 2. The molecule has 1 aromatic rings. The zero-order chi connectivity index (χ0) is 38.0. The molecule has 0 saturated carbocycles. The van der Waals surface area contributed by atoms with E-state index in [4.69, 9.17) is 23.7 Å². The van der Waals surface area contributed by atoms with Gasteiger partial charge >= 0.3 is 12.1 Å². The minimum Gasteiger partial charge on any atom is -0.457 e. The quantitative estimate of drug-likeness (QED) is 0.261. The number of nitrogens with one attached hydrogen (secondary N) is 2. The molecule has 292 valence electrons. The highest BCUT2D eigenvalue weighted by Gasteiger charge is 2.58. The van der Waals surface area contributed by atoms with E-state index in [1.54, 1.807) is 20.0 Å². The number of carbonyl (C=O) groups is 3. The van der Waals surface area contributed by atoms with Crippen molar-refractivity contribution in [2.45, 2.75) is 148 Å². The van der Waals surface area contributed by atoms with Crippen molar-refractivity contribution in [2.24, 2.45) is 23.2 Å². The minimum atomic E-state index is -1.56. The van der Waals surface area contributed by atoms with Crippen LogP contribution in [0.3, 0.4) is 0 Å². The number of aromatic nitrogens is 1. The Morgan fingerprint density at radius 3 is 2.56 bits per heavy atom. The first-order valence-electron chi connectivity index (χ1n) is 19.2.